The molecular weight excluding hydrogens is 212 g/mol. The highest BCUT2D eigenvalue weighted by Crippen LogP contribution is 2.20. The number of nitrogens with one attached hydrogen (secondary N) is 1. The third-order valence-corrected chi connectivity index (χ3v) is 3.05. The van der Waals surface area contributed by atoms with E-state index < -0.39 is 0 Å². The highest BCUT2D eigenvalue weighted by atomic mass is 16.2. The molecule has 0 fully saturated rings. The largest absolute Gasteiger partial charge is 0.396 e. The van der Waals surface area contributed by atoms with E-state index in [1.54, 1.807) is 0 Å². The Kier molecular flexibility index (Phi) is 4.18. The van der Waals surface area contributed by atoms with Crippen molar-refractivity contribution >= 4 is 10.9 Å². The molecule has 0 aliphatic heterocycles. The molecule has 0 spiro atoms. The summed E-state index contributed by atoms with van der Waals surface area (Å²) in [6.07, 6.45) is 4.03. The predicted molar refractivity (Wildman–Crippen MR) is 71.0 cm³/mol. The first-order valence-electron chi connectivity index (χ1n) is 6.19. The van der Waals surface area contributed by atoms with Gasteiger partial charge in [0.15, 0.2) is 0 Å². The lowest BCUT2D eigenvalue weighted by atomic mass is 10.1. The molecule has 1 aromatic heterocycles. The van der Waals surface area contributed by atoms with Gasteiger partial charge in [-0.25, -0.2) is 0 Å². The number of aryl methyl sites for hydroxylation is 1. The van der Waals surface area contributed by atoms with Crippen LogP contribution in [0.3, 0.4) is 0 Å². The second-order valence-electron chi connectivity index (χ2n) is 4.33. The Hall–Kier alpha value is -1.32. The Labute approximate surface area is 102 Å². The zero-order chi connectivity index (χ0) is 12.1. The van der Waals surface area contributed by atoms with Crippen LogP contribution in [0.25, 0.3) is 10.9 Å². The van der Waals surface area contributed by atoms with Crippen LogP contribution in [-0.2, 0) is 13.1 Å². The molecule has 3 nitrogen and oxygen atoms in total. The van der Waals surface area contributed by atoms with Crippen molar-refractivity contribution in [2.24, 2.45) is 0 Å². The SMILES string of the molecule is CNCc1cccc2ccn(CCCCO)c12. The minimum absolute atomic E-state index is 0.280. The molecule has 3 heteroatoms. The Morgan fingerprint density at radius 2 is 2.12 bits per heavy atom. The van der Waals surface area contributed by atoms with Crippen molar-refractivity contribution in [2.75, 3.05) is 13.7 Å². The van der Waals surface area contributed by atoms with Crippen LogP contribution in [0.15, 0.2) is 30.5 Å². The van der Waals surface area contributed by atoms with Gasteiger partial charge in [0.25, 0.3) is 0 Å². The van der Waals surface area contributed by atoms with Gasteiger partial charge < -0.3 is 15.0 Å². The molecule has 0 atom stereocenters. The summed E-state index contributed by atoms with van der Waals surface area (Å²) in [5.41, 5.74) is 2.65. The number of fused-ring (bicyclic) bond motifs is 1. The van der Waals surface area contributed by atoms with Crippen LogP contribution in [0.5, 0.6) is 0 Å². The topological polar surface area (TPSA) is 37.2 Å². The molecule has 17 heavy (non-hydrogen) atoms. The van der Waals surface area contributed by atoms with Crippen molar-refractivity contribution in [2.45, 2.75) is 25.9 Å². The summed E-state index contributed by atoms with van der Waals surface area (Å²) >= 11 is 0. The van der Waals surface area contributed by atoms with Gasteiger partial charge in [-0.1, -0.05) is 18.2 Å². The lowest BCUT2D eigenvalue weighted by molar-refractivity contribution is 0.281. The van der Waals surface area contributed by atoms with Gasteiger partial charge in [0, 0.05) is 25.9 Å². The van der Waals surface area contributed by atoms with Gasteiger partial charge in [-0.2, -0.15) is 0 Å². The van der Waals surface area contributed by atoms with E-state index in [1.807, 2.05) is 7.05 Å². The van der Waals surface area contributed by atoms with E-state index in [2.05, 4.69) is 40.3 Å². The van der Waals surface area contributed by atoms with Gasteiger partial charge >= 0.3 is 0 Å². The van der Waals surface area contributed by atoms with Gasteiger partial charge in [-0.3, -0.25) is 0 Å². The van der Waals surface area contributed by atoms with Crippen LogP contribution in [0, 0.1) is 0 Å². The van der Waals surface area contributed by atoms with E-state index in [9.17, 15) is 0 Å². The minimum Gasteiger partial charge on any atom is -0.396 e. The maximum atomic E-state index is 8.83. The Balaban J connectivity index is 2.28. The molecule has 1 aromatic carbocycles. The van der Waals surface area contributed by atoms with Gasteiger partial charge in [-0.15, -0.1) is 0 Å². The summed E-state index contributed by atoms with van der Waals surface area (Å²) in [6.45, 7) is 2.15. The smallest absolute Gasteiger partial charge is 0.0525 e. The second-order valence-corrected chi connectivity index (χ2v) is 4.33. The predicted octanol–water partition coefficient (Wildman–Crippen LogP) is 2.13. The number of benzene rings is 1. The fraction of sp³-hybridized carbons (Fsp3) is 0.429. The molecule has 2 rings (SSSR count). The lowest BCUT2D eigenvalue weighted by Gasteiger charge is -2.09. The second kappa shape index (κ2) is 5.84. The molecule has 1 heterocycles. The summed E-state index contributed by atoms with van der Waals surface area (Å²) in [4.78, 5) is 0. The van der Waals surface area contributed by atoms with Gasteiger partial charge in [0.05, 0.1) is 5.52 Å². The van der Waals surface area contributed by atoms with E-state index in [0.717, 1.165) is 25.9 Å². The number of unbranched alkanes of at least 4 members (excludes halogenated alkanes) is 1. The van der Waals surface area contributed by atoms with Crippen LogP contribution in [-0.4, -0.2) is 23.3 Å². The van der Waals surface area contributed by atoms with Gasteiger partial charge in [0.2, 0.25) is 0 Å². The summed E-state index contributed by atoms with van der Waals surface area (Å²) in [5, 5.41) is 13.3. The molecule has 92 valence electrons. The van der Waals surface area contributed by atoms with Crippen molar-refractivity contribution in [3.8, 4) is 0 Å². The number of nitrogens with zero attached hydrogens (tertiary/aromatic N) is 1. The number of aromatic nitrogens is 1. The zero-order valence-electron chi connectivity index (χ0n) is 10.3. The summed E-state index contributed by atoms with van der Waals surface area (Å²) in [6, 6.07) is 8.58. The minimum atomic E-state index is 0.280. The van der Waals surface area contributed by atoms with E-state index in [1.165, 1.54) is 16.5 Å². The summed E-state index contributed by atoms with van der Waals surface area (Å²) in [5.74, 6) is 0. The van der Waals surface area contributed by atoms with Gasteiger partial charge in [-0.05, 0) is 36.9 Å². The quantitative estimate of drug-likeness (QED) is 0.749. The van der Waals surface area contributed by atoms with E-state index in [4.69, 9.17) is 5.11 Å². The number of hydrogen-bond acceptors (Lipinski definition) is 2. The van der Waals surface area contributed by atoms with Crippen molar-refractivity contribution in [1.82, 2.24) is 9.88 Å². The molecule has 0 saturated carbocycles. The first-order chi connectivity index (χ1) is 8.36. The maximum absolute atomic E-state index is 8.83. The molecule has 2 N–H and O–H groups in total. The molecule has 0 aliphatic carbocycles. The van der Waals surface area contributed by atoms with Crippen LogP contribution in [0.1, 0.15) is 18.4 Å². The Morgan fingerprint density at radius 3 is 2.88 bits per heavy atom. The normalized spacial score (nSPS) is 11.2. The first kappa shape index (κ1) is 12.1. The molecule has 0 saturated heterocycles. The van der Waals surface area contributed by atoms with Crippen molar-refractivity contribution < 1.29 is 5.11 Å². The molecule has 0 unspecified atom stereocenters. The van der Waals surface area contributed by atoms with Crippen LogP contribution >= 0.6 is 0 Å². The number of para-hydroxylation sites is 1. The number of hydrogen-bond donors (Lipinski definition) is 2. The average Bonchev–Trinajstić information content (AvgIpc) is 2.75. The fourth-order valence-electron chi connectivity index (χ4n) is 2.25. The molecule has 0 amide bonds. The number of aliphatic hydroxyl groups excluding tert-OH is 1. The zero-order valence-corrected chi connectivity index (χ0v) is 10.3. The van der Waals surface area contributed by atoms with E-state index >= 15 is 0 Å². The molecule has 0 aliphatic rings. The standard InChI is InChI=1S/C14H20N2O/c1-15-11-13-6-4-5-12-7-9-16(14(12)13)8-2-3-10-17/h4-7,9,15,17H,2-3,8,10-11H2,1H3. The van der Waals surface area contributed by atoms with Crippen LogP contribution < -0.4 is 5.32 Å². The highest BCUT2D eigenvalue weighted by molar-refractivity contribution is 5.83. The highest BCUT2D eigenvalue weighted by Gasteiger charge is 2.05. The Bertz CT molecular complexity index is 476. The van der Waals surface area contributed by atoms with Crippen LogP contribution in [0.2, 0.25) is 0 Å². The van der Waals surface area contributed by atoms with E-state index in [0.29, 0.717) is 0 Å². The first-order valence-corrected chi connectivity index (χ1v) is 6.19. The summed E-state index contributed by atoms with van der Waals surface area (Å²) < 4.78 is 2.29. The van der Waals surface area contributed by atoms with E-state index in [-0.39, 0.29) is 6.61 Å². The van der Waals surface area contributed by atoms with Crippen molar-refractivity contribution in [1.29, 1.82) is 0 Å². The third-order valence-electron chi connectivity index (χ3n) is 3.05. The number of aliphatic hydroxyl groups is 1. The van der Waals surface area contributed by atoms with Gasteiger partial charge in [0.1, 0.15) is 0 Å². The monoisotopic (exact) mass is 232 g/mol. The maximum Gasteiger partial charge on any atom is 0.0525 e. The lowest BCUT2D eigenvalue weighted by Crippen LogP contribution is -2.07. The molecule has 0 radical (unpaired) electrons. The van der Waals surface area contributed by atoms with Crippen molar-refractivity contribution in [3.63, 3.8) is 0 Å². The molecule has 2 aromatic rings. The molecular formula is C14H20N2O. The van der Waals surface area contributed by atoms with Crippen LogP contribution in [0.4, 0.5) is 0 Å². The average molecular weight is 232 g/mol. The molecule has 0 bridgehead atoms. The fourth-order valence-corrected chi connectivity index (χ4v) is 2.25. The third kappa shape index (κ3) is 2.68. The summed E-state index contributed by atoms with van der Waals surface area (Å²) in [7, 11) is 1.97. The Morgan fingerprint density at radius 1 is 1.24 bits per heavy atom. The number of rotatable bonds is 6. The van der Waals surface area contributed by atoms with Crippen molar-refractivity contribution in [3.05, 3.63) is 36.0 Å².